The fraction of sp³-hybridized carbons (Fsp3) is 0.438. The molecule has 1 atom stereocenters. The van der Waals surface area contributed by atoms with Crippen LogP contribution >= 0.6 is 11.6 Å². The van der Waals surface area contributed by atoms with Gasteiger partial charge in [0.1, 0.15) is 0 Å². The van der Waals surface area contributed by atoms with Gasteiger partial charge in [-0.1, -0.05) is 28.9 Å². The summed E-state index contributed by atoms with van der Waals surface area (Å²) in [5, 5.41) is 8.75. The first-order valence-corrected chi connectivity index (χ1v) is 8.00. The third kappa shape index (κ3) is 3.89. The second kappa shape index (κ2) is 7.10. The molecule has 1 aliphatic rings. The molecule has 1 fully saturated rings. The molecule has 1 aromatic heterocycles. The van der Waals surface area contributed by atoms with Crippen LogP contribution in [0.1, 0.15) is 28.9 Å². The maximum atomic E-state index is 12.5. The summed E-state index contributed by atoms with van der Waals surface area (Å²) in [6.07, 6.45) is 3.73. The van der Waals surface area contributed by atoms with Gasteiger partial charge in [-0.15, -0.1) is 5.10 Å². The molecule has 7 heteroatoms. The Morgan fingerprint density at radius 1 is 1.39 bits per heavy atom. The average Bonchev–Trinajstić information content (AvgIpc) is 3.05. The van der Waals surface area contributed by atoms with Crippen LogP contribution in [0.25, 0.3) is 0 Å². The van der Waals surface area contributed by atoms with Crippen molar-refractivity contribution >= 4 is 17.5 Å². The van der Waals surface area contributed by atoms with Crippen LogP contribution in [0.5, 0.6) is 0 Å². The Labute approximate surface area is 140 Å². The van der Waals surface area contributed by atoms with Crippen LogP contribution in [0, 0.1) is 0 Å². The topological polar surface area (TPSA) is 60.2 Å². The van der Waals surface area contributed by atoms with Crippen molar-refractivity contribution in [1.29, 1.82) is 0 Å². The second-order valence-corrected chi connectivity index (χ2v) is 6.12. The number of hydrogen-bond donors (Lipinski definition) is 0. The standard InChI is InChI=1S/C16H19ClN4O2/c1-23-14-3-2-8-20(10-14)16(22)15-11-21(19-18-15)9-12-4-6-13(17)7-5-12/h4-7,11,14H,2-3,8-10H2,1H3/t14-/m0/s1. The normalized spacial score (nSPS) is 18.2. The van der Waals surface area contributed by atoms with E-state index in [2.05, 4.69) is 10.3 Å². The predicted molar refractivity (Wildman–Crippen MR) is 86.5 cm³/mol. The van der Waals surface area contributed by atoms with Crippen LogP contribution in [0.15, 0.2) is 30.5 Å². The number of aromatic nitrogens is 3. The highest BCUT2D eigenvalue weighted by Gasteiger charge is 2.25. The predicted octanol–water partition coefficient (Wildman–Crippen LogP) is 2.23. The number of benzene rings is 1. The molecule has 2 heterocycles. The van der Waals surface area contributed by atoms with Gasteiger partial charge in [0, 0.05) is 25.2 Å². The zero-order valence-electron chi connectivity index (χ0n) is 13.0. The summed E-state index contributed by atoms with van der Waals surface area (Å²) in [4.78, 5) is 14.3. The number of piperidine rings is 1. The lowest BCUT2D eigenvalue weighted by Gasteiger charge is -2.31. The Hall–Kier alpha value is -1.92. The highest BCUT2D eigenvalue weighted by Crippen LogP contribution is 2.15. The molecule has 1 aliphatic heterocycles. The van der Waals surface area contributed by atoms with Crippen LogP contribution in [0.2, 0.25) is 5.02 Å². The summed E-state index contributed by atoms with van der Waals surface area (Å²) in [5.41, 5.74) is 1.42. The van der Waals surface area contributed by atoms with Crippen LogP contribution in [-0.2, 0) is 11.3 Å². The zero-order chi connectivity index (χ0) is 16.2. The molecule has 122 valence electrons. The molecule has 3 rings (SSSR count). The van der Waals surface area contributed by atoms with Crippen LogP contribution in [-0.4, -0.2) is 52.1 Å². The molecule has 0 unspecified atom stereocenters. The fourth-order valence-corrected chi connectivity index (χ4v) is 2.85. The van der Waals surface area contributed by atoms with E-state index in [4.69, 9.17) is 16.3 Å². The Balaban J connectivity index is 1.66. The van der Waals surface area contributed by atoms with Crippen molar-refractivity contribution in [3.8, 4) is 0 Å². The molecule has 1 aromatic carbocycles. The SMILES string of the molecule is CO[C@H]1CCCN(C(=O)c2cn(Cc3ccc(Cl)cc3)nn2)C1. The van der Waals surface area contributed by atoms with E-state index in [0.29, 0.717) is 23.8 Å². The molecule has 1 amide bonds. The van der Waals surface area contributed by atoms with Crippen molar-refractivity contribution in [2.75, 3.05) is 20.2 Å². The van der Waals surface area contributed by atoms with Crippen LogP contribution < -0.4 is 0 Å². The van der Waals surface area contributed by atoms with Gasteiger partial charge in [-0.25, -0.2) is 4.68 Å². The molecular formula is C16H19ClN4O2. The minimum absolute atomic E-state index is 0.0888. The number of carbonyl (C=O) groups is 1. The highest BCUT2D eigenvalue weighted by molar-refractivity contribution is 6.30. The van der Waals surface area contributed by atoms with Gasteiger partial charge in [0.15, 0.2) is 5.69 Å². The highest BCUT2D eigenvalue weighted by atomic mass is 35.5. The molecular weight excluding hydrogens is 316 g/mol. The quantitative estimate of drug-likeness (QED) is 0.860. The summed E-state index contributed by atoms with van der Waals surface area (Å²) in [7, 11) is 1.68. The largest absolute Gasteiger partial charge is 0.380 e. The number of methoxy groups -OCH3 is 1. The Morgan fingerprint density at radius 3 is 2.91 bits per heavy atom. The third-order valence-electron chi connectivity index (χ3n) is 4.01. The van der Waals surface area contributed by atoms with Crippen molar-refractivity contribution in [3.63, 3.8) is 0 Å². The molecule has 0 spiro atoms. The Bertz CT molecular complexity index is 671. The van der Waals surface area contributed by atoms with Gasteiger partial charge in [-0.3, -0.25) is 4.79 Å². The van der Waals surface area contributed by atoms with E-state index in [1.165, 1.54) is 0 Å². The zero-order valence-corrected chi connectivity index (χ0v) is 13.7. The lowest BCUT2D eigenvalue weighted by atomic mass is 10.1. The van der Waals surface area contributed by atoms with Crippen molar-refractivity contribution in [1.82, 2.24) is 19.9 Å². The molecule has 0 radical (unpaired) electrons. The summed E-state index contributed by atoms with van der Waals surface area (Å²) in [6, 6.07) is 7.52. The van der Waals surface area contributed by atoms with E-state index in [1.54, 1.807) is 22.9 Å². The van der Waals surface area contributed by atoms with E-state index in [9.17, 15) is 4.79 Å². The summed E-state index contributed by atoms with van der Waals surface area (Å²) in [6.45, 7) is 1.90. The third-order valence-corrected chi connectivity index (χ3v) is 4.27. The van der Waals surface area contributed by atoms with E-state index >= 15 is 0 Å². The van der Waals surface area contributed by atoms with Crippen LogP contribution in [0.4, 0.5) is 0 Å². The number of hydrogen-bond acceptors (Lipinski definition) is 4. The first-order valence-electron chi connectivity index (χ1n) is 7.62. The van der Waals surface area contributed by atoms with Gasteiger partial charge in [0.25, 0.3) is 5.91 Å². The smallest absolute Gasteiger partial charge is 0.276 e. The minimum Gasteiger partial charge on any atom is -0.380 e. The molecule has 23 heavy (non-hydrogen) atoms. The number of rotatable bonds is 4. The molecule has 6 nitrogen and oxygen atoms in total. The van der Waals surface area contributed by atoms with Gasteiger partial charge in [-0.2, -0.15) is 0 Å². The Kier molecular flexibility index (Phi) is 4.93. The van der Waals surface area contributed by atoms with E-state index in [1.807, 2.05) is 24.3 Å². The van der Waals surface area contributed by atoms with E-state index in [0.717, 1.165) is 24.9 Å². The number of halogens is 1. The lowest BCUT2D eigenvalue weighted by molar-refractivity contribution is 0.0265. The van der Waals surface area contributed by atoms with Crippen LogP contribution in [0.3, 0.4) is 0 Å². The van der Waals surface area contributed by atoms with Gasteiger partial charge in [0.2, 0.25) is 0 Å². The Morgan fingerprint density at radius 2 is 2.17 bits per heavy atom. The molecule has 0 bridgehead atoms. The van der Waals surface area contributed by atoms with Gasteiger partial charge in [-0.05, 0) is 30.5 Å². The maximum absolute atomic E-state index is 12.5. The van der Waals surface area contributed by atoms with Crippen molar-refractivity contribution < 1.29 is 9.53 Å². The van der Waals surface area contributed by atoms with Gasteiger partial charge < -0.3 is 9.64 Å². The first kappa shape index (κ1) is 16.0. The molecule has 2 aromatic rings. The monoisotopic (exact) mass is 334 g/mol. The number of likely N-dealkylation sites (tertiary alicyclic amines) is 1. The number of nitrogens with zero attached hydrogens (tertiary/aromatic N) is 4. The summed E-state index contributed by atoms with van der Waals surface area (Å²) < 4.78 is 7.02. The van der Waals surface area contributed by atoms with E-state index < -0.39 is 0 Å². The number of ether oxygens (including phenoxy) is 1. The maximum Gasteiger partial charge on any atom is 0.276 e. The molecule has 0 saturated carbocycles. The molecule has 1 saturated heterocycles. The van der Waals surface area contributed by atoms with E-state index in [-0.39, 0.29) is 12.0 Å². The molecule has 0 N–H and O–H groups in total. The lowest BCUT2D eigenvalue weighted by Crippen LogP contribution is -2.43. The number of carbonyl (C=O) groups excluding carboxylic acids is 1. The van der Waals surface area contributed by atoms with Crippen molar-refractivity contribution in [3.05, 3.63) is 46.7 Å². The van der Waals surface area contributed by atoms with Gasteiger partial charge in [0.05, 0.1) is 18.8 Å². The first-order chi connectivity index (χ1) is 11.2. The second-order valence-electron chi connectivity index (χ2n) is 5.68. The molecule has 0 aliphatic carbocycles. The van der Waals surface area contributed by atoms with Gasteiger partial charge >= 0.3 is 0 Å². The average molecular weight is 335 g/mol. The number of amides is 1. The summed E-state index contributed by atoms with van der Waals surface area (Å²) in [5.74, 6) is -0.0888. The fourth-order valence-electron chi connectivity index (χ4n) is 2.73. The van der Waals surface area contributed by atoms with Crippen molar-refractivity contribution in [2.24, 2.45) is 0 Å². The van der Waals surface area contributed by atoms with Crippen molar-refractivity contribution in [2.45, 2.75) is 25.5 Å². The summed E-state index contributed by atoms with van der Waals surface area (Å²) >= 11 is 5.87. The minimum atomic E-state index is -0.0888.